The Morgan fingerprint density at radius 3 is 2.54 bits per heavy atom. The molecule has 2 fully saturated rings. The van der Waals surface area contributed by atoms with E-state index in [2.05, 4.69) is 11.9 Å². The Balaban J connectivity index is 1.60. The van der Waals surface area contributed by atoms with Crippen molar-refractivity contribution in [2.24, 2.45) is 5.92 Å². The highest BCUT2D eigenvalue weighted by molar-refractivity contribution is 5.83. The van der Waals surface area contributed by atoms with Crippen LogP contribution in [0.15, 0.2) is 24.3 Å². The second kappa shape index (κ2) is 9.78. The number of carbonyl (C=O) groups excluding carboxylic acids is 2. The van der Waals surface area contributed by atoms with Crippen molar-refractivity contribution < 1.29 is 19.1 Å². The molecule has 2 aliphatic rings. The van der Waals surface area contributed by atoms with Crippen LogP contribution in [0.4, 0.5) is 4.79 Å². The van der Waals surface area contributed by atoms with Crippen LogP contribution < -0.4 is 4.74 Å². The minimum atomic E-state index is -0.386. The summed E-state index contributed by atoms with van der Waals surface area (Å²) in [6.07, 6.45) is 2.61. The van der Waals surface area contributed by atoms with Crippen LogP contribution in [-0.2, 0) is 16.0 Å². The molecule has 7 heteroatoms. The highest BCUT2D eigenvalue weighted by Crippen LogP contribution is 2.19. The number of piperidine rings is 1. The van der Waals surface area contributed by atoms with Gasteiger partial charge >= 0.3 is 6.09 Å². The molecule has 0 radical (unpaired) electrons. The number of carbonyl (C=O) groups is 2. The van der Waals surface area contributed by atoms with Gasteiger partial charge in [-0.2, -0.15) is 0 Å². The van der Waals surface area contributed by atoms with Crippen LogP contribution >= 0.6 is 0 Å². The fraction of sp³-hybridized carbons (Fsp3) is 0.619. The van der Waals surface area contributed by atoms with Gasteiger partial charge in [0.05, 0.1) is 13.7 Å². The summed E-state index contributed by atoms with van der Waals surface area (Å²) in [5.74, 6) is 1.35. The Kier molecular flexibility index (Phi) is 7.14. The topological polar surface area (TPSA) is 62.3 Å². The largest absolute Gasteiger partial charge is 0.497 e. The maximum Gasteiger partial charge on any atom is 0.410 e. The minimum absolute atomic E-state index is 0.00582. The van der Waals surface area contributed by atoms with Crippen molar-refractivity contribution >= 4 is 12.0 Å². The van der Waals surface area contributed by atoms with Gasteiger partial charge in [-0.1, -0.05) is 12.1 Å². The van der Waals surface area contributed by atoms with Gasteiger partial charge in [0.1, 0.15) is 18.9 Å². The maximum atomic E-state index is 13.0. The first kappa shape index (κ1) is 20.5. The summed E-state index contributed by atoms with van der Waals surface area (Å²) in [6, 6.07) is 7.96. The summed E-state index contributed by atoms with van der Waals surface area (Å²) in [5, 5.41) is 0. The van der Waals surface area contributed by atoms with E-state index in [1.807, 2.05) is 29.2 Å². The van der Waals surface area contributed by atoms with Gasteiger partial charge in [0, 0.05) is 13.1 Å². The number of hydrogen-bond donors (Lipinski definition) is 0. The summed E-state index contributed by atoms with van der Waals surface area (Å²) in [5.41, 5.74) is 1.17. The van der Waals surface area contributed by atoms with E-state index in [-0.39, 0.29) is 18.5 Å². The van der Waals surface area contributed by atoms with Crippen molar-refractivity contribution in [1.29, 1.82) is 0 Å². The minimum Gasteiger partial charge on any atom is -0.497 e. The lowest BCUT2D eigenvalue weighted by molar-refractivity contribution is -0.132. The lowest BCUT2D eigenvalue weighted by atomic mass is 9.96. The molecule has 1 aromatic carbocycles. The number of nitrogens with zero attached hydrogens (tertiary/aromatic N) is 3. The molecular weight excluding hydrogens is 358 g/mol. The van der Waals surface area contributed by atoms with E-state index < -0.39 is 0 Å². The predicted molar refractivity (Wildman–Crippen MR) is 106 cm³/mol. The first-order valence-corrected chi connectivity index (χ1v) is 10.1. The third kappa shape index (κ3) is 5.61. The van der Waals surface area contributed by atoms with Crippen molar-refractivity contribution in [3.63, 3.8) is 0 Å². The van der Waals surface area contributed by atoms with Gasteiger partial charge in [0.25, 0.3) is 0 Å². The zero-order chi connectivity index (χ0) is 19.9. The van der Waals surface area contributed by atoms with Crippen LogP contribution in [-0.4, -0.2) is 86.7 Å². The van der Waals surface area contributed by atoms with E-state index in [0.717, 1.165) is 44.6 Å². The average molecular weight is 389 g/mol. The summed E-state index contributed by atoms with van der Waals surface area (Å²) in [4.78, 5) is 30.4. The normalized spacial score (nSPS) is 18.2. The number of likely N-dealkylation sites (tertiary alicyclic amines) is 1. The molecule has 0 atom stereocenters. The number of amides is 2. The number of ether oxygens (including phenoxy) is 2. The van der Waals surface area contributed by atoms with Crippen molar-refractivity contribution in [3.8, 4) is 5.75 Å². The summed E-state index contributed by atoms with van der Waals surface area (Å²) in [7, 11) is 3.79. The van der Waals surface area contributed by atoms with Crippen molar-refractivity contribution in [3.05, 3.63) is 29.8 Å². The van der Waals surface area contributed by atoms with Crippen molar-refractivity contribution in [1.82, 2.24) is 14.7 Å². The Labute approximate surface area is 167 Å². The molecule has 3 rings (SSSR count). The molecule has 2 saturated heterocycles. The number of benzene rings is 1. The molecule has 2 heterocycles. The van der Waals surface area contributed by atoms with E-state index in [0.29, 0.717) is 25.6 Å². The fourth-order valence-corrected chi connectivity index (χ4v) is 3.76. The molecule has 2 aliphatic heterocycles. The van der Waals surface area contributed by atoms with Gasteiger partial charge in [0.2, 0.25) is 5.91 Å². The molecule has 2 amide bonds. The zero-order valence-electron chi connectivity index (χ0n) is 16.9. The second-order valence-corrected chi connectivity index (χ2v) is 7.72. The highest BCUT2D eigenvalue weighted by Gasteiger charge is 2.28. The molecule has 154 valence electrons. The summed E-state index contributed by atoms with van der Waals surface area (Å²) in [6.45, 7) is 4.52. The quantitative estimate of drug-likeness (QED) is 0.679. The van der Waals surface area contributed by atoms with Crippen LogP contribution in [0, 0.1) is 5.92 Å². The van der Waals surface area contributed by atoms with Crippen LogP contribution in [0.5, 0.6) is 5.75 Å². The number of cyclic esters (lactones) is 1. The third-order valence-electron chi connectivity index (χ3n) is 5.67. The molecule has 0 bridgehead atoms. The molecule has 0 N–H and O–H groups in total. The molecular formula is C21H31N3O4. The van der Waals surface area contributed by atoms with Crippen LogP contribution in [0.2, 0.25) is 0 Å². The Hall–Kier alpha value is -2.28. The first-order chi connectivity index (χ1) is 13.5. The number of rotatable bonds is 8. The van der Waals surface area contributed by atoms with Gasteiger partial charge in [-0.15, -0.1) is 0 Å². The Bertz CT molecular complexity index is 656. The predicted octanol–water partition coefficient (Wildman–Crippen LogP) is 1.86. The monoisotopic (exact) mass is 389 g/mol. The van der Waals surface area contributed by atoms with Gasteiger partial charge in [-0.3, -0.25) is 9.69 Å². The summed E-state index contributed by atoms with van der Waals surface area (Å²) < 4.78 is 10.2. The third-order valence-corrected chi connectivity index (χ3v) is 5.67. The SMILES string of the molecule is COc1ccc(CCN(CC2CCN(C)CC2)C(=O)CN2CCOC2=O)cc1. The molecule has 28 heavy (non-hydrogen) atoms. The van der Waals surface area contributed by atoms with Crippen molar-refractivity contribution in [2.75, 3.05) is 60.0 Å². The van der Waals surface area contributed by atoms with Gasteiger partial charge < -0.3 is 19.3 Å². The van der Waals surface area contributed by atoms with Crippen LogP contribution in [0.25, 0.3) is 0 Å². The van der Waals surface area contributed by atoms with E-state index >= 15 is 0 Å². The molecule has 7 nitrogen and oxygen atoms in total. The average Bonchev–Trinajstić information content (AvgIpc) is 3.11. The number of hydrogen-bond acceptors (Lipinski definition) is 5. The molecule has 0 aliphatic carbocycles. The lowest BCUT2D eigenvalue weighted by Crippen LogP contribution is -2.45. The summed E-state index contributed by atoms with van der Waals surface area (Å²) >= 11 is 0. The van der Waals surface area contributed by atoms with Gasteiger partial charge in [0.15, 0.2) is 0 Å². The van der Waals surface area contributed by atoms with Gasteiger partial charge in [-0.05, 0) is 63.0 Å². The van der Waals surface area contributed by atoms with E-state index in [9.17, 15) is 9.59 Å². The highest BCUT2D eigenvalue weighted by atomic mass is 16.6. The van der Waals surface area contributed by atoms with Crippen LogP contribution in [0.3, 0.4) is 0 Å². The second-order valence-electron chi connectivity index (χ2n) is 7.72. The zero-order valence-corrected chi connectivity index (χ0v) is 16.9. The van der Waals surface area contributed by atoms with Crippen molar-refractivity contribution in [2.45, 2.75) is 19.3 Å². The Morgan fingerprint density at radius 2 is 1.93 bits per heavy atom. The maximum absolute atomic E-state index is 13.0. The molecule has 1 aromatic rings. The van der Waals surface area contributed by atoms with Gasteiger partial charge in [-0.25, -0.2) is 4.79 Å². The number of methoxy groups -OCH3 is 1. The fourth-order valence-electron chi connectivity index (χ4n) is 3.76. The van der Waals surface area contributed by atoms with E-state index in [1.54, 1.807) is 7.11 Å². The van der Waals surface area contributed by atoms with E-state index in [4.69, 9.17) is 9.47 Å². The molecule has 0 unspecified atom stereocenters. The smallest absolute Gasteiger partial charge is 0.410 e. The standard InChI is InChI=1S/C21H31N3O4/c1-22-10-7-18(8-11-22)15-23(20(25)16-24-13-14-28-21(24)26)12-9-17-3-5-19(27-2)6-4-17/h3-6,18H,7-16H2,1-2H3. The first-order valence-electron chi connectivity index (χ1n) is 10.1. The molecule has 0 spiro atoms. The van der Waals surface area contributed by atoms with E-state index in [1.165, 1.54) is 10.5 Å². The van der Waals surface area contributed by atoms with Crippen LogP contribution in [0.1, 0.15) is 18.4 Å². The Morgan fingerprint density at radius 1 is 1.21 bits per heavy atom. The lowest BCUT2D eigenvalue weighted by Gasteiger charge is -2.33. The molecule has 0 saturated carbocycles. The molecule has 0 aromatic heterocycles.